The molecule has 0 atom stereocenters. The number of anilines is 1. The van der Waals surface area contributed by atoms with Crippen molar-refractivity contribution >= 4 is 29.0 Å². The summed E-state index contributed by atoms with van der Waals surface area (Å²) in [6, 6.07) is 0.282. The first-order chi connectivity index (χ1) is 6.66. The van der Waals surface area contributed by atoms with Crippen molar-refractivity contribution in [3.63, 3.8) is 0 Å². The van der Waals surface area contributed by atoms with Crippen LogP contribution >= 0.6 is 23.2 Å². The number of halogens is 2. The van der Waals surface area contributed by atoms with Crippen LogP contribution in [0.3, 0.4) is 0 Å². The van der Waals surface area contributed by atoms with E-state index in [0.717, 1.165) is 12.8 Å². The van der Waals surface area contributed by atoms with Crippen LogP contribution in [0, 0.1) is 0 Å². The number of hydrogen-bond donors (Lipinski definition) is 2. The number of nitrogens with zero attached hydrogens (tertiary/aromatic N) is 1. The van der Waals surface area contributed by atoms with Crippen LogP contribution in [0.25, 0.3) is 0 Å². The van der Waals surface area contributed by atoms with Crippen molar-refractivity contribution in [3.8, 4) is 0 Å². The van der Waals surface area contributed by atoms with Gasteiger partial charge in [0.1, 0.15) is 5.02 Å². The highest BCUT2D eigenvalue weighted by Gasteiger charge is 2.27. The Balaban J connectivity index is 2.10. The number of hydrogen-bond acceptors (Lipinski definition) is 3. The fourth-order valence-corrected chi connectivity index (χ4v) is 1.93. The molecule has 1 heterocycles. The highest BCUT2D eigenvalue weighted by Crippen LogP contribution is 2.28. The maximum Gasteiger partial charge on any atom is 0.271 e. The first-order valence-electron chi connectivity index (χ1n) is 4.30. The lowest BCUT2D eigenvalue weighted by molar-refractivity contribution is 0.453. The van der Waals surface area contributed by atoms with Gasteiger partial charge in [-0.3, -0.25) is 4.79 Å². The molecule has 1 aromatic rings. The molecule has 0 aromatic carbocycles. The summed E-state index contributed by atoms with van der Waals surface area (Å²) in [5, 5.41) is 3.40. The monoisotopic (exact) mass is 233 g/mol. The van der Waals surface area contributed by atoms with Gasteiger partial charge >= 0.3 is 0 Å². The zero-order chi connectivity index (χ0) is 10.1. The van der Waals surface area contributed by atoms with Crippen LogP contribution < -0.4 is 10.9 Å². The number of aromatic amines is 1. The van der Waals surface area contributed by atoms with Crippen LogP contribution in [0.4, 0.5) is 5.82 Å². The molecule has 4 nitrogen and oxygen atoms in total. The summed E-state index contributed by atoms with van der Waals surface area (Å²) in [6.45, 7) is 0. The number of rotatable bonds is 2. The van der Waals surface area contributed by atoms with E-state index >= 15 is 0 Å². The first kappa shape index (κ1) is 9.80. The van der Waals surface area contributed by atoms with E-state index in [-0.39, 0.29) is 22.0 Å². The average Bonchev–Trinajstić information content (AvgIpc) is 2.10. The number of H-pyrrole nitrogens is 1. The van der Waals surface area contributed by atoms with Gasteiger partial charge in [0, 0.05) is 11.4 Å². The lowest BCUT2D eigenvalue weighted by Crippen LogP contribution is -2.36. The molecule has 76 valence electrons. The lowest BCUT2D eigenvalue weighted by atomic mass is 9.92. The Kier molecular flexibility index (Phi) is 2.65. The fraction of sp³-hybridized carbons (Fsp3) is 0.500. The Morgan fingerprint density at radius 1 is 1.57 bits per heavy atom. The summed E-state index contributed by atoms with van der Waals surface area (Å²) in [5.41, 5.74) is -0.328. The van der Waals surface area contributed by atoms with Crippen molar-refractivity contribution in [3.05, 3.63) is 21.7 Å². The minimum Gasteiger partial charge on any atom is -0.366 e. The third kappa shape index (κ3) is 1.86. The molecule has 2 rings (SSSR count). The van der Waals surface area contributed by atoms with Crippen molar-refractivity contribution in [2.45, 2.75) is 24.3 Å². The summed E-state index contributed by atoms with van der Waals surface area (Å²) in [5.74, 6) is 0.434. The molecule has 0 unspecified atom stereocenters. The molecule has 1 fully saturated rings. The van der Waals surface area contributed by atoms with Gasteiger partial charge in [-0.1, -0.05) is 11.6 Å². The molecular weight excluding hydrogens is 225 g/mol. The molecule has 0 amide bonds. The Bertz CT molecular complexity index is 386. The molecule has 2 N–H and O–H groups in total. The van der Waals surface area contributed by atoms with E-state index < -0.39 is 0 Å². The second-order valence-electron chi connectivity index (χ2n) is 3.30. The van der Waals surface area contributed by atoms with Crippen molar-refractivity contribution in [1.29, 1.82) is 0 Å². The van der Waals surface area contributed by atoms with Crippen LogP contribution in [0.15, 0.2) is 11.1 Å². The summed E-state index contributed by atoms with van der Waals surface area (Å²) in [7, 11) is 0. The molecule has 6 heteroatoms. The van der Waals surface area contributed by atoms with Gasteiger partial charge in [0.05, 0.1) is 6.33 Å². The number of aromatic nitrogens is 2. The molecule has 14 heavy (non-hydrogen) atoms. The Morgan fingerprint density at radius 3 is 2.93 bits per heavy atom. The minimum absolute atomic E-state index is 0.102. The number of nitrogens with one attached hydrogen (secondary N) is 2. The molecule has 1 aromatic heterocycles. The molecule has 1 aliphatic rings. The molecule has 1 saturated carbocycles. The quantitative estimate of drug-likeness (QED) is 0.764. The van der Waals surface area contributed by atoms with Crippen molar-refractivity contribution in [1.82, 2.24) is 9.97 Å². The molecule has 0 aliphatic heterocycles. The third-order valence-corrected chi connectivity index (χ3v) is 2.92. The first-order valence-corrected chi connectivity index (χ1v) is 5.12. The van der Waals surface area contributed by atoms with Crippen LogP contribution in [0.5, 0.6) is 0 Å². The predicted molar refractivity (Wildman–Crippen MR) is 56.2 cm³/mol. The smallest absolute Gasteiger partial charge is 0.271 e. The maximum absolute atomic E-state index is 11.1. The molecule has 0 radical (unpaired) electrons. The molecular formula is C8H9Cl2N3O. The average molecular weight is 234 g/mol. The van der Waals surface area contributed by atoms with Gasteiger partial charge in [-0.2, -0.15) is 0 Å². The Morgan fingerprint density at radius 2 is 2.29 bits per heavy atom. The summed E-state index contributed by atoms with van der Waals surface area (Å²) in [4.78, 5) is 17.4. The molecule has 0 saturated heterocycles. The van der Waals surface area contributed by atoms with Gasteiger partial charge in [-0.25, -0.2) is 4.98 Å². The van der Waals surface area contributed by atoms with Crippen LogP contribution in [-0.4, -0.2) is 21.4 Å². The van der Waals surface area contributed by atoms with Gasteiger partial charge in [-0.15, -0.1) is 11.6 Å². The standard InChI is InChI=1S/C8H9Cl2N3O/c9-4-1-5(2-4)13-7-6(10)8(14)12-3-11-7/h3-5H,1-2H2,(H2,11,12,13,14). The van der Waals surface area contributed by atoms with E-state index in [2.05, 4.69) is 15.3 Å². The van der Waals surface area contributed by atoms with Crippen LogP contribution in [0.2, 0.25) is 5.02 Å². The third-order valence-electron chi connectivity index (χ3n) is 2.22. The van der Waals surface area contributed by atoms with E-state index in [4.69, 9.17) is 23.2 Å². The van der Waals surface area contributed by atoms with Gasteiger partial charge in [0.15, 0.2) is 5.82 Å². The summed E-state index contributed by atoms with van der Waals surface area (Å²) < 4.78 is 0. The van der Waals surface area contributed by atoms with Crippen molar-refractivity contribution in [2.75, 3.05) is 5.32 Å². The molecule has 1 aliphatic carbocycles. The minimum atomic E-state index is -0.328. The largest absolute Gasteiger partial charge is 0.366 e. The van der Waals surface area contributed by atoms with Crippen LogP contribution in [-0.2, 0) is 0 Å². The summed E-state index contributed by atoms with van der Waals surface area (Å²) >= 11 is 11.6. The van der Waals surface area contributed by atoms with E-state index in [0.29, 0.717) is 5.82 Å². The van der Waals surface area contributed by atoms with E-state index in [9.17, 15) is 4.79 Å². The van der Waals surface area contributed by atoms with Gasteiger partial charge in [-0.05, 0) is 12.8 Å². The zero-order valence-corrected chi connectivity index (χ0v) is 8.77. The topological polar surface area (TPSA) is 57.8 Å². The fourth-order valence-electron chi connectivity index (χ4n) is 1.34. The highest BCUT2D eigenvalue weighted by molar-refractivity contribution is 6.32. The SMILES string of the molecule is O=c1[nH]cnc(NC2CC(Cl)C2)c1Cl. The highest BCUT2D eigenvalue weighted by atomic mass is 35.5. The predicted octanol–water partition coefficient (Wildman–Crippen LogP) is 1.60. The maximum atomic E-state index is 11.1. The van der Waals surface area contributed by atoms with Gasteiger partial charge in [0.25, 0.3) is 5.56 Å². The zero-order valence-electron chi connectivity index (χ0n) is 7.26. The van der Waals surface area contributed by atoms with Gasteiger partial charge in [0.2, 0.25) is 0 Å². The van der Waals surface area contributed by atoms with E-state index in [1.165, 1.54) is 6.33 Å². The number of alkyl halides is 1. The Hall–Kier alpha value is -0.740. The van der Waals surface area contributed by atoms with Gasteiger partial charge < -0.3 is 10.3 Å². The van der Waals surface area contributed by atoms with E-state index in [1.807, 2.05) is 0 Å². The Labute approximate surface area is 90.6 Å². The van der Waals surface area contributed by atoms with E-state index in [1.54, 1.807) is 0 Å². The lowest BCUT2D eigenvalue weighted by Gasteiger charge is -2.31. The summed E-state index contributed by atoms with van der Waals surface area (Å²) in [6.07, 6.45) is 3.09. The molecule has 0 bridgehead atoms. The normalized spacial score (nSPS) is 25.6. The van der Waals surface area contributed by atoms with Crippen LogP contribution in [0.1, 0.15) is 12.8 Å². The second kappa shape index (κ2) is 3.79. The molecule has 0 spiro atoms. The second-order valence-corrected chi connectivity index (χ2v) is 4.30. The van der Waals surface area contributed by atoms with Crippen molar-refractivity contribution in [2.24, 2.45) is 0 Å². The van der Waals surface area contributed by atoms with Crippen molar-refractivity contribution < 1.29 is 0 Å².